The second-order valence-corrected chi connectivity index (χ2v) is 7.23. The number of carbonyl (C=O) groups is 8. The molecule has 0 aliphatic heterocycles. The molecule has 0 saturated carbocycles. The first-order valence-corrected chi connectivity index (χ1v) is 10.8. The molecule has 2 unspecified atom stereocenters. The van der Waals surface area contributed by atoms with Gasteiger partial charge in [0, 0.05) is 6.42 Å². The van der Waals surface area contributed by atoms with Crippen molar-refractivity contribution in [1.82, 2.24) is 42.7 Å². The minimum absolute atomic E-state index is 0.205. The zero-order chi connectivity index (χ0) is 27.7. The van der Waals surface area contributed by atoms with Gasteiger partial charge in [0.25, 0.3) is 5.91 Å². The minimum atomic E-state index is -1.04. The van der Waals surface area contributed by atoms with Crippen molar-refractivity contribution in [1.29, 1.82) is 0 Å². The van der Waals surface area contributed by atoms with Crippen molar-refractivity contribution in [2.45, 2.75) is 39.3 Å². The van der Waals surface area contributed by atoms with Crippen LogP contribution in [-0.2, 0) is 38.4 Å². The van der Waals surface area contributed by atoms with E-state index in [1.54, 1.807) is 6.92 Å². The fourth-order valence-corrected chi connectivity index (χ4v) is 2.18. The lowest BCUT2D eigenvalue weighted by molar-refractivity contribution is -0.132. The molecule has 0 aliphatic rings. The van der Waals surface area contributed by atoms with Gasteiger partial charge in [0.15, 0.2) is 0 Å². The average Bonchev–Trinajstić information content (AvgIpc) is 2.85. The van der Waals surface area contributed by atoms with Crippen LogP contribution in [0.2, 0.25) is 0 Å². The Labute approximate surface area is 206 Å². The van der Waals surface area contributed by atoms with Crippen molar-refractivity contribution >= 4 is 47.3 Å². The predicted octanol–water partition coefficient (Wildman–Crippen LogP) is -5.51. The van der Waals surface area contributed by atoms with E-state index < -0.39 is 79.6 Å². The van der Waals surface area contributed by atoms with E-state index in [2.05, 4.69) is 37.2 Å². The molecule has 202 valence electrons. The number of amides is 8. The molecule has 0 heterocycles. The zero-order valence-electron chi connectivity index (χ0n) is 20.1. The van der Waals surface area contributed by atoms with E-state index in [0.29, 0.717) is 0 Å². The van der Waals surface area contributed by atoms with Crippen LogP contribution in [0, 0.1) is 0 Å². The van der Waals surface area contributed by atoms with Crippen LogP contribution in [0.25, 0.3) is 0 Å². The number of hydrogen-bond acceptors (Lipinski definition) is 9. The van der Waals surface area contributed by atoms with E-state index >= 15 is 0 Å². The van der Waals surface area contributed by atoms with Gasteiger partial charge in [0.2, 0.25) is 41.4 Å². The summed E-state index contributed by atoms with van der Waals surface area (Å²) in [4.78, 5) is 92.6. The molecule has 9 N–H and O–H groups in total. The van der Waals surface area contributed by atoms with Crippen LogP contribution in [-0.4, -0.2) is 97.3 Å². The summed E-state index contributed by atoms with van der Waals surface area (Å²) >= 11 is 0. The lowest BCUT2D eigenvalue weighted by Crippen LogP contribution is -2.51. The van der Waals surface area contributed by atoms with Crippen LogP contribution in [0.4, 0.5) is 0 Å². The third-order valence-electron chi connectivity index (χ3n) is 4.17. The molecule has 36 heavy (non-hydrogen) atoms. The summed E-state index contributed by atoms with van der Waals surface area (Å²) in [6, 6.07) is -2.02. The van der Waals surface area contributed by atoms with E-state index in [4.69, 9.17) is 5.21 Å². The lowest BCUT2D eigenvalue weighted by atomic mass is 10.3. The highest BCUT2D eigenvalue weighted by atomic mass is 16.5. The molecule has 0 bridgehead atoms. The number of hydroxylamine groups is 1. The maximum absolute atomic E-state index is 11.9. The Morgan fingerprint density at radius 3 is 1.25 bits per heavy atom. The molecule has 2 atom stereocenters. The first kappa shape index (κ1) is 31.7. The SMILES string of the molecule is CCC(=O)NCC(=O)NC(C)C(=O)NCC(=O)NCC(=O)NCC(=O)NC(C)C(=O)NCC(=O)NO. The van der Waals surface area contributed by atoms with Crippen molar-refractivity contribution in [3.63, 3.8) is 0 Å². The molecule has 0 aromatic rings. The highest BCUT2D eigenvalue weighted by molar-refractivity contribution is 5.94. The van der Waals surface area contributed by atoms with Crippen LogP contribution >= 0.6 is 0 Å². The van der Waals surface area contributed by atoms with Gasteiger partial charge in [0.1, 0.15) is 12.1 Å². The molecule has 0 aromatic heterocycles. The Morgan fingerprint density at radius 1 is 0.528 bits per heavy atom. The average molecular weight is 517 g/mol. The van der Waals surface area contributed by atoms with E-state index in [1.165, 1.54) is 19.3 Å². The summed E-state index contributed by atoms with van der Waals surface area (Å²) in [5.74, 6) is -5.31. The van der Waals surface area contributed by atoms with E-state index in [-0.39, 0.29) is 18.9 Å². The van der Waals surface area contributed by atoms with E-state index in [9.17, 15) is 38.4 Å². The number of nitrogens with one attached hydrogen (secondary N) is 8. The molecule has 0 rings (SSSR count). The van der Waals surface area contributed by atoms with Crippen LogP contribution in [0.5, 0.6) is 0 Å². The Kier molecular flexibility index (Phi) is 15.2. The molecule has 0 aromatic carbocycles. The van der Waals surface area contributed by atoms with Crippen LogP contribution < -0.4 is 42.7 Å². The van der Waals surface area contributed by atoms with Gasteiger partial charge < -0.3 is 37.2 Å². The molecule has 8 amide bonds. The molecule has 0 radical (unpaired) electrons. The molecule has 0 spiro atoms. The summed E-state index contributed by atoms with van der Waals surface area (Å²) < 4.78 is 0. The van der Waals surface area contributed by atoms with Crippen LogP contribution in [0.1, 0.15) is 27.2 Å². The molecule has 0 fully saturated rings. The second kappa shape index (κ2) is 17.2. The number of hydrogen-bond donors (Lipinski definition) is 9. The van der Waals surface area contributed by atoms with Crippen molar-refractivity contribution in [2.24, 2.45) is 0 Å². The normalized spacial score (nSPS) is 11.6. The minimum Gasteiger partial charge on any atom is -0.347 e. The number of carbonyl (C=O) groups excluding carboxylic acids is 8. The standard InChI is InChI=1S/C19H32N8O9/c1-4-12(28)20-7-15(31)25-10(2)18(34)23-6-14(30)21-5-13(29)22-8-16(32)26-11(3)19(35)24-9-17(33)27-36/h10-11,36H,4-9H2,1-3H3,(H,20,28)(H,21,30)(H,22,29)(H,23,34)(H,24,35)(H,25,31)(H,26,32)(H,27,33). The molecule has 0 aliphatic carbocycles. The molecule has 0 saturated heterocycles. The summed E-state index contributed by atoms with van der Waals surface area (Å²) in [7, 11) is 0. The smallest absolute Gasteiger partial charge is 0.262 e. The molecular formula is C19H32N8O9. The highest BCUT2D eigenvalue weighted by Crippen LogP contribution is 1.84. The predicted molar refractivity (Wildman–Crippen MR) is 120 cm³/mol. The van der Waals surface area contributed by atoms with Gasteiger partial charge in [-0.3, -0.25) is 43.6 Å². The quantitative estimate of drug-likeness (QED) is 0.0742. The van der Waals surface area contributed by atoms with Gasteiger partial charge in [-0.25, -0.2) is 5.48 Å². The van der Waals surface area contributed by atoms with Gasteiger partial charge in [-0.1, -0.05) is 6.92 Å². The van der Waals surface area contributed by atoms with Gasteiger partial charge in [0.05, 0.1) is 32.7 Å². The zero-order valence-corrected chi connectivity index (χ0v) is 20.1. The Hall–Kier alpha value is -4.28. The number of rotatable bonds is 15. The van der Waals surface area contributed by atoms with Gasteiger partial charge in [-0.2, -0.15) is 0 Å². The highest BCUT2D eigenvalue weighted by Gasteiger charge is 2.18. The van der Waals surface area contributed by atoms with Crippen LogP contribution in [0.15, 0.2) is 0 Å². The van der Waals surface area contributed by atoms with Crippen molar-refractivity contribution in [3.05, 3.63) is 0 Å². The monoisotopic (exact) mass is 516 g/mol. The fraction of sp³-hybridized carbons (Fsp3) is 0.579. The maximum Gasteiger partial charge on any atom is 0.262 e. The third kappa shape index (κ3) is 14.8. The van der Waals surface area contributed by atoms with Gasteiger partial charge >= 0.3 is 0 Å². The topological polar surface area (TPSA) is 253 Å². The molecule has 17 nitrogen and oxygen atoms in total. The van der Waals surface area contributed by atoms with Gasteiger partial charge in [-0.05, 0) is 13.8 Å². The fourth-order valence-electron chi connectivity index (χ4n) is 2.18. The molecular weight excluding hydrogens is 484 g/mol. The second-order valence-electron chi connectivity index (χ2n) is 7.23. The van der Waals surface area contributed by atoms with Crippen molar-refractivity contribution in [2.75, 3.05) is 32.7 Å². The summed E-state index contributed by atoms with van der Waals surface area (Å²) in [5, 5.41) is 24.2. The largest absolute Gasteiger partial charge is 0.347 e. The van der Waals surface area contributed by atoms with Gasteiger partial charge in [-0.15, -0.1) is 0 Å². The summed E-state index contributed by atoms with van der Waals surface area (Å²) in [5.41, 5.74) is 1.32. The maximum atomic E-state index is 11.9. The first-order valence-electron chi connectivity index (χ1n) is 10.8. The Morgan fingerprint density at radius 2 is 0.861 bits per heavy atom. The van der Waals surface area contributed by atoms with Crippen molar-refractivity contribution < 1.29 is 43.6 Å². The molecule has 17 heteroatoms. The Bertz CT molecular complexity index is 849. The van der Waals surface area contributed by atoms with Crippen molar-refractivity contribution in [3.8, 4) is 0 Å². The summed E-state index contributed by atoms with van der Waals surface area (Å²) in [6.45, 7) is 2.03. The summed E-state index contributed by atoms with van der Waals surface area (Å²) in [6.07, 6.45) is 0.205. The van der Waals surface area contributed by atoms with Crippen LogP contribution in [0.3, 0.4) is 0 Å². The first-order chi connectivity index (χ1) is 16.9. The van der Waals surface area contributed by atoms with E-state index in [0.717, 1.165) is 0 Å². The Balaban J connectivity index is 4.14. The lowest BCUT2D eigenvalue weighted by Gasteiger charge is -2.15. The van der Waals surface area contributed by atoms with E-state index in [1.807, 2.05) is 0 Å². The third-order valence-corrected chi connectivity index (χ3v) is 4.17.